The largest absolute Gasteiger partial charge is 0.326 e. The van der Waals surface area contributed by atoms with Crippen LogP contribution in [0.5, 0.6) is 0 Å². The number of rotatable bonds is 4. The molecule has 3 nitrogen and oxygen atoms in total. The van der Waals surface area contributed by atoms with Crippen LogP contribution in [0.25, 0.3) is 0 Å². The van der Waals surface area contributed by atoms with Gasteiger partial charge >= 0.3 is 0 Å². The van der Waals surface area contributed by atoms with Gasteiger partial charge in [-0.05, 0) is 18.8 Å². The fourth-order valence-electron chi connectivity index (χ4n) is 2.55. The first-order valence-electron chi connectivity index (χ1n) is 6.00. The van der Waals surface area contributed by atoms with E-state index in [1.165, 1.54) is 0 Å². The Morgan fingerprint density at radius 2 is 1.87 bits per heavy atom. The van der Waals surface area contributed by atoms with Crippen molar-refractivity contribution in [1.82, 2.24) is 0 Å². The lowest BCUT2D eigenvalue weighted by atomic mass is 9.90. The van der Waals surface area contributed by atoms with Gasteiger partial charge in [-0.3, -0.25) is 0 Å². The Morgan fingerprint density at radius 3 is 2.33 bits per heavy atom. The predicted molar refractivity (Wildman–Crippen MR) is 63.5 cm³/mol. The zero-order chi connectivity index (χ0) is 11.5. The fourth-order valence-corrected chi connectivity index (χ4v) is 4.68. The van der Waals surface area contributed by atoms with E-state index in [-0.39, 0.29) is 11.3 Å². The lowest BCUT2D eigenvalue weighted by Gasteiger charge is -2.32. The highest BCUT2D eigenvalue weighted by Gasteiger charge is 2.36. The molecule has 90 valence electrons. The van der Waals surface area contributed by atoms with Gasteiger partial charge in [0.25, 0.3) is 0 Å². The van der Waals surface area contributed by atoms with E-state index < -0.39 is 9.84 Å². The molecular weight excluding hydrogens is 210 g/mol. The minimum Gasteiger partial charge on any atom is -0.326 e. The second kappa shape index (κ2) is 5.30. The molecule has 1 aliphatic rings. The van der Waals surface area contributed by atoms with Crippen molar-refractivity contribution in [2.75, 3.05) is 5.75 Å². The SMILES string of the molecule is CCC(CC)C(N)C1CCCCS1(=O)=O. The van der Waals surface area contributed by atoms with Gasteiger partial charge < -0.3 is 5.73 Å². The molecule has 15 heavy (non-hydrogen) atoms. The third-order valence-corrected chi connectivity index (χ3v) is 5.98. The summed E-state index contributed by atoms with van der Waals surface area (Å²) in [6.07, 6.45) is 4.54. The van der Waals surface area contributed by atoms with Crippen molar-refractivity contribution in [2.45, 2.75) is 57.2 Å². The molecule has 1 heterocycles. The Kier molecular flexibility index (Phi) is 4.59. The fraction of sp³-hybridized carbons (Fsp3) is 1.00. The second-order valence-electron chi connectivity index (χ2n) is 4.56. The Bertz CT molecular complexity index is 283. The van der Waals surface area contributed by atoms with Gasteiger partial charge in [-0.15, -0.1) is 0 Å². The molecule has 0 radical (unpaired) electrons. The molecule has 0 saturated carbocycles. The Hall–Kier alpha value is -0.0900. The van der Waals surface area contributed by atoms with Crippen LogP contribution in [0.3, 0.4) is 0 Å². The summed E-state index contributed by atoms with van der Waals surface area (Å²) in [6, 6.07) is -0.162. The number of hydrogen-bond acceptors (Lipinski definition) is 3. The summed E-state index contributed by atoms with van der Waals surface area (Å²) in [4.78, 5) is 0. The summed E-state index contributed by atoms with van der Waals surface area (Å²) in [7, 11) is -2.91. The van der Waals surface area contributed by atoms with E-state index in [4.69, 9.17) is 5.73 Å². The standard InChI is InChI=1S/C11H23NO2S/c1-3-9(4-2)11(12)10-7-5-6-8-15(10,13)14/h9-11H,3-8,12H2,1-2H3. The van der Waals surface area contributed by atoms with Gasteiger partial charge in [0.15, 0.2) is 9.84 Å². The molecule has 2 unspecified atom stereocenters. The average molecular weight is 233 g/mol. The van der Waals surface area contributed by atoms with Crippen molar-refractivity contribution in [3.8, 4) is 0 Å². The van der Waals surface area contributed by atoms with Crippen LogP contribution in [0.15, 0.2) is 0 Å². The average Bonchev–Trinajstić information content (AvgIpc) is 2.18. The summed E-state index contributed by atoms with van der Waals surface area (Å²) in [5.74, 6) is 0.689. The third kappa shape index (κ3) is 2.94. The number of nitrogens with two attached hydrogens (primary N) is 1. The van der Waals surface area contributed by atoms with Crippen LogP contribution < -0.4 is 5.73 Å². The smallest absolute Gasteiger partial charge is 0.154 e. The summed E-state index contributed by atoms with van der Waals surface area (Å²) >= 11 is 0. The van der Waals surface area contributed by atoms with Crippen molar-refractivity contribution in [3.05, 3.63) is 0 Å². The first-order chi connectivity index (χ1) is 7.03. The van der Waals surface area contributed by atoms with E-state index in [0.717, 1.165) is 32.1 Å². The number of hydrogen-bond donors (Lipinski definition) is 1. The highest BCUT2D eigenvalue weighted by molar-refractivity contribution is 7.92. The summed E-state index contributed by atoms with van der Waals surface area (Å²) in [6.45, 7) is 4.17. The summed E-state index contributed by atoms with van der Waals surface area (Å²) < 4.78 is 23.8. The maximum Gasteiger partial charge on any atom is 0.154 e. The Labute approximate surface area is 93.3 Å². The third-order valence-electron chi connectivity index (χ3n) is 3.65. The zero-order valence-corrected chi connectivity index (χ0v) is 10.6. The summed E-state index contributed by atoms with van der Waals surface area (Å²) in [5.41, 5.74) is 6.11. The lowest BCUT2D eigenvalue weighted by Crippen LogP contribution is -2.47. The normalized spacial score (nSPS) is 27.9. The zero-order valence-electron chi connectivity index (χ0n) is 9.78. The van der Waals surface area contributed by atoms with Crippen molar-refractivity contribution < 1.29 is 8.42 Å². The van der Waals surface area contributed by atoms with Crippen LogP contribution in [-0.4, -0.2) is 25.5 Å². The quantitative estimate of drug-likeness (QED) is 0.804. The van der Waals surface area contributed by atoms with Gasteiger partial charge in [-0.2, -0.15) is 0 Å². The molecule has 0 aromatic carbocycles. The maximum atomic E-state index is 11.9. The van der Waals surface area contributed by atoms with Crippen molar-refractivity contribution in [3.63, 3.8) is 0 Å². The molecule has 0 spiro atoms. The predicted octanol–water partition coefficient (Wildman–Crippen LogP) is 1.72. The van der Waals surface area contributed by atoms with Crippen molar-refractivity contribution in [1.29, 1.82) is 0 Å². The van der Waals surface area contributed by atoms with E-state index in [2.05, 4.69) is 13.8 Å². The van der Waals surface area contributed by atoms with Gasteiger partial charge in [0.2, 0.25) is 0 Å². The minimum atomic E-state index is -2.91. The van der Waals surface area contributed by atoms with Crippen LogP contribution in [0.1, 0.15) is 46.0 Å². The van der Waals surface area contributed by atoms with Crippen LogP contribution in [0, 0.1) is 5.92 Å². The van der Waals surface area contributed by atoms with Gasteiger partial charge in [0.1, 0.15) is 0 Å². The Balaban J connectivity index is 2.76. The van der Waals surface area contributed by atoms with E-state index in [1.807, 2.05) is 0 Å². The first kappa shape index (κ1) is 13.0. The van der Waals surface area contributed by atoms with Crippen LogP contribution in [0.4, 0.5) is 0 Å². The molecule has 2 atom stereocenters. The van der Waals surface area contributed by atoms with Gasteiger partial charge in [-0.1, -0.05) is 33.1 Å². The molecule has 4 heteroatoms. The van der Waals surface area contributed by atoms with Crippen molar-refractivity contribution in [2.24, 2.45) is 11.7 Å². The maximum absolute atomic E-state index is 11.9. The molecule has 0 amide bonds. The van der Waals surface area contributed by atoms with Crippen LogP contribution in [0.2, 0.25) is 0 Å². The molecule has 2 N–H and O–H groups in total. The minimum absolute atomic E-state index is 0.162. The second-order valence-corrected chi connectivity index (χ2v) is 6.89. The monoisotopic (exact) mass is 233 g/mol. The topological polar surface area (TPSA) is 60.2 Å². The van der Waals surface area contributed by atoms with Gasteiger partial charge in [0, 0.05) is 6.04 Å². The lowest BCUT2D eigenvalue weighted by molar-refractivity contribution is 0.361. The molecule has 0 aromatic heterocycles. The van der Waals surface area contributed by atoms with Gasteiger partial charge in [-0.25, -0.2) is 8.42 Å². The van der Waals surface area contributed by atoms with E-state index in [9.17, 15) is 8.42 Å². The molecule has 1 rings (SSSR count). The Morgan fingerprint density at radius 1 is 1.27 bits per heavy atom. The molecular formula is C11H23NO2S. The molecule has 0 bridgehead atoms. The highest BCUT2D eigenvalue weighted by atomic mass is 32.2. The molecule has 0 aromatic rings. The summed E-state index contributed by atoms with van der Waals surface area (Å²) in [5, 5.41) is -0.281. The van der Waals surface area contributed by atoms with Gasteiger partial charge in [0.05, 0.1) is 11.0 Å². The van der Waals surface area contributed by atoms with E-state index >= 15 is 0 Å². The number of sulfone groups is 1. The van der Waals surface area contributed by atoms with Crippen LogP contribution >= 0.6 is 0 Å². The van der Waals surface area contributed by atoms with Crippen LogP contribution in [-0.2, 0) is 9.84 Å². The van der Waals surface area contributed by atoms with Crippen molar-refractivity contribution >= 4 is 9.84 Å². The molecule has 1 saturated heterocycles. The highest BCUT2D eigenvalue weighted by Crippen LogP contribution is 2.26. The molecule has 0 aliphatic carbocycles. The molecule has 1 fully saturated rings. The van der Waals surface area contributed by atoms with E-state index in [1.54, 1.807) is 0 Å². The van der Waals surface area contributed by atoms with E-state index in [0.29, 0.717) is 11.7 Å². The molecule has 1 aliphatic heterocycles. The first-order valence-corrected chi connectivity index (χ1v) is 7.71.